The largest absolute Gasteiger partial charge is 0.382 e. The second-order valence-electron chi connectivity index (χ2n) is 8.23. The molecule has 0 atom stereocenters. The Hall–Kier alpha value is -3.65. The fourth-order valence-electron chi connectivity index (χ4n) is 3.67. The zero-order chi connectivity index (χ0) is 25.0. The molecule has 0 saturated heterocycles. The molecule has 7 nitrogen and oxygen atoms in total. The van der Waals surface area contributed by atoms with E-state index in [-0.39, 0.29) is 18.1 Å². The third kappa shape index (κ3) is 7.96. The Balaban J connectivity index is 1.76. The van der Waals surface area contributed by atoms with Crippen molar-refractivity contribution >= 4 is 17.6 Å². The molecule has 0 unspecified atom stereocenters. The number of rotatable bonds is 12. The quantitative estimate of drug-likeness (QED) is 0.384. The number of hydrogen-bond donors (Lipinski definition) is 1. The summed E-state index contributed by atoms with van der Waals surface area (Å²) in [6.45, 7) is 3.91. The van der Waals surface area contributed by atoms with E-state index in [2.05, 4.69) is 5.32 Å². The zero-order valence-corrected chi connectivity index (χ0v) is 20.3. The van der Waals surface area contributed by atoms with Crippen LogP contribution in [0.4, 0.5) is 14.9 Å². The van der Waals surface area contributed by atoms with Gasteiger partial charge in [0, 0.05) is 45.2 Å². The van der Waals surface area contributed by atoms with Crippen molar-refractivity contribution in [1.82, 2.24) is 14.4 Å². The van der Waals surface area contributed by atoms with Crippen molar-refractivity contribution in [2.24, 2.45) is 7.05 Å². The second-order valence-corrected chi connectivity index (χ2v) is 8.23. The summed E-state index contributed by atoms with van der Waals surface area (Å²) in [5.74, 6) is -0.731. The number of urea groups is 1. The molecule has 3 rings (SSSR count). The first-order valence-corrected chi connectivity index (χ1v) is 11.8. The van der Waals surface area contributed by atoms with E-state index in [0.717, 1.165) is 11.3 Å². The molecule has 186 valence electrons. The summed E-state index contributed by atoms with van der Waals surface area (Å²) >= 11 is 0. The fourth-order valence-corrected chi connectivity index (χ4v) is 3.67. The summed E-state index contributed by atoms with van der Waals surface area (Å²) in [6, 6.07) is 19.1. The van der Waals surface area contributed by atoms with Crippen LogP contribution in [0, 0.1) is 5.82 Å². The van der Waals surface area contributed by atoms with Gasteiger partial charge in [0.05, 0.1) is 12.2 Å². The number of nitrogens with zero attached hydrogens (tertiary/aromatic N) is 3. The van der Waals surface area contributed by atoms with Crippen LogP contribution in [-0.4, -0.2) is 52.6 Å². The van der Waals surface area contributed by atoms with Gasteiger partial charge in [-0.05, 0) is 43.2 Å². The Labute approximate surface area is 206 Å². The van der Waals surface area contributed by atoms with Crippen molar-refractivity contribution < 1.29 is 18.7 Å². The summed E-state index contributed by atoms with van der Waals surface area (Å²) < 4.78 is 21.5. The molecule has 3 aromatic rings. The van der Waals surface area contributed by atoms with E-state index in [0.29, 0.717) is 39.3 Å². The highest BCUT2D eigenvalue weighted by molar-refractivity contribution is 5.92. The van der Waals surface area contributed by atoms with E-state index >= 15 is 0 Å². The maximum Gasteiger partial charge on any atom is 0.322 e. The molecule has 1 N–H and O–H groups in total. The van der Waals surface area contributed by atoms with E-state index in [4.69, 9.17) is 4.74 Å². The number of halogens is 1. The highest BCUT2D eigenvalue weighted by Gasteiger charge is 2.23. The number of amides is 3. The highest BCUT2D eigenvalue weighted by atomic mass is 19.1. The van der Waals surface area contributed by atoms with Gasteiger partial charge in [-0.2, -0.15) is 0 Å². The van der Waals surface area contributed by atoms with Gasteiger partial charge >= 0.3 is 6.03 Å². The standard InChI is InChI=1S/C27H33FN4O3/c1-3-35-18-10-17-31(27(34)29-25-15-8-7-14-24(25)28)21-26(33)32(19-22-11-5-4-6-12-22)20-23-13-9-16-30(23)2/h4-9,11-16H,3,10,17-21H2,1-2H3,(H,29,34). The van der Waals surface area contributed by atoms with Crippen molar-refractivity contribution in [3.63, 3.8) is 0 Å². The summed E-state index contributed by atoms with van der Waals surface area (Å²) in [5.41, 5.74) is 2.05. The molecule has 1 aromatic heterocycles. The SMILES string of the molecule is CCOCCCN(CC(=O)N(Cc1ccccc1)Cc1cccn1C)C(=O)Nc1ccccc1F. The van der Waals surface area contributed by atoms with Crippen molar-refractivity contribution in [2.75, 3.05) is 31.6 Å². The van der Waals surface area contributed by atoms with Gasteiger partial charge < -0.3 is 24.4 Å². The molecule has 8 heteroatoms. The first-order chi connectivity index (χ1) is 17.0. The maximum absolute atomic E-state index is 14.1. The molecule has 0 saturated carbocycles. The Morgan fingerprint density at radius 2 is 1.71 bits per heavy atom. The zero-order valence-electron chi connectivity index (χ0n) is 20.3. The van der Waals surface area contributed by atoms with E-state index in [9.17, 15) is 14.0 Å². The lowest BCUT2D eigenvalue weighted by Gasteiger charge is -2.28. The smallest absolute Gasteiger partial charge is 0.322 e. The van der Waals surface area contributed by atoms with Gasteiger partial charge in [0.15, 0.2) is 0 Å². The number of benzene rings is 2. The molecular formula is C27H33FN4O3. The molecule has 0 spiro atoms. The minimum atomic E-state index is -0.532. The lowest BCUT2D eigenvalue weighted by atomic mass is 10.2. The van der Waals surface area contributed by atoms with Gasteiger partial charge in [-0.25, -0.2) is 9.18 Å². The molecule has 0 aliphatic rings. The molecule has 0 aliphatic carbocycles. The summed E-state index contributed by atoms with van der Waals surface area (Å²) in [4.78, 5) is 29.7. The summed E-state index contributed by atoms with van der Waals surface area (Å²) in [5, 5.41) is 2.60. The first-order valence-electron chi connectivity index (χ1n) is 11.8. The van der Waals surface area contributed by atoms with Crippen LogP contribution in [-0.2, 0) is 29.7 Å². The van der Waals surface area contributed by atoms with Gasteiger partial charge in [0.25, 0.3) is 0 Å². The number of carbonyl (C=O) groups excluding carboxylic acids is 2. The van der Waals surface area contributed by atoms with E-state index in [1.807, 2.05) is 67.2 Å². The molecule has 0 bridgehead atoms. The number of nitrogens with one attached hydrogen (secondary N) is 1. The van der Waals surface area contributed by atoms with Crippen molar-refractivity contribution in [3.8, 4) is 0 Å². The van der Waals surface area contributed by atoms with Crippen molar-refractivity contribution in [2.45, 2.75) is 26.4 Å². The van der Waals surface area contributed by atoms with Crippen molar-refractivity contribution in [1.29, 1.82) is 0 Å². The van der Waals surface area contributed by atoms with Gasteiger partial charge in [0.2, 0.25) is 5.91 Å². The van der Waals surface area contributed by atoms with Crippen LogP contribution in [0.5, 0.6) is 0 Å². The molecule has 0 aliphatic heterocycles. The second kappa shape index (κ2) is 13.3. The van der Waals surface area contributed by atoms with Gasteiger partial charge in [-0.1, -0.05) is 42.5 Å². The molecular weight excluding hydrogens is 447 g/mol. The minimum Gasteiger partial charge on any atom is -0.382 e. The lowest BCUT2D eigenvalue weighted by Crippen LogP contribution is -2.45. The normalized spacial score (nSPS) is 10.7. The Bertz CT molecular complexity index is 1090. The Kier molecular flexibility index (Phi) is 9.86. The van der Waals surface area contributed by atoms with Crippen LogP contribution in [0.1, 0.15) is 24.6 Å². The average Bonchev–Trinajstić information content (AvgIpc) is 3.26. The first kappa shape index (κ1) is 26.0. The van der Waals surface area contributed by atoms with E-state index in [1.54, 1.807) is 17.0 Å². The number of ether oxygens (including phenoxy) is 1. The topological polar surface area (TPSA) is 66.8 Å². The summed E-state index contributed by atoms with van der Waals surface area (Å²) in [6.07, 6.45) is 2.49. The number of aromatic nitrogens is 1. The third-order valence-electron chi connectivity index (χ3n) is 5.62. The predicted molar refractivity (Wildman–Crippen MR) is 134 cm³/mol. The average molecular weight is 481 g/mol. The van der Waals surface area contributed by atoms with Gasteiger partial charge in [-0.15, -0.1) is 0 Å². The van der Waals surface area contributed by atoms with Crippen LogP contribution in [0.25, 0.3) is 0 Å². The molecule has 1 heterocycles. The molecule has 2 aromatic carbocycles. The lowest BCUT2D eigenvalue weighted by molar-refractivity contribution is -0.133. The minimum absolute atomic E-state index is 0.0738. The number of para-hydroxylation sites is 1. The third-order valence-corrected chi connectivity index (χ3v) is 5.62. The maximum atomic E-state index is 14.1. The van der Waals surface area contributed by atoms with Gasteiger partial charge in [0.1, 0.15) is 12.4 Å². The van der Waals surface area contributed by atoms with Crippen LogP contribution >= 0.6 is 0 Å². The van der Waals surface area contributed by atoms with Gasteiger partial charge in [-0.3, -0.25) is 4.79 Å². The number of hydrogen-bond acceptors (Lipinski definition) is 3. The number of anilines is 1. The van der Waals surface area contributed by atoms with Crippen LogP contribution in [0.2, 0.25) is 0 Å². The molecule has 0 radical (unpaired) electrons. The van der Waals surface area contributed by atoms with E-state index < -0.39 is 11.8 Å². The fraction of sp³-hybridized carbons (Fsp3) is 0.333. The Morgan fingerprint density at radius 3 is 2.40 bits per heavy atom. The van der Waals surface area contributed by atoms with Crippen LogP contribution in [0.3, 0.4) is 0 Å². The number of carbonyl (C=O) groups is 2. The molecule has 0 fully saturated rings. The van der Waals surface area contributed by atoms with Crippen LogP contribution < -0.4 is 5.32 Å². The number of aryl methyl sites for hydroxylation is 1. The highest BCUT2D eigenvalue weighted by Crippen LogP contribution is 2.15. The van der Waals surface area contributed by atoms with Crippen LogP contribution in [0.15, 0.2) is 72.9 Å². The monoisotopic (exact) mass is 480 g/mol. The predicted octanol–water partition coefficient (Wildman–Crippen LogP) is 4.65. The Morgan fingerprint density at radius 1 is 0.971 bits per heavy atom. The molecule has 3 amide bonds. The van der Waals surface area contributed by atoms with E-state index in [1.165, 1.54) is 17.0 Å². The van der Waals surface area contributed by atoms with Crippen molar-refractivity contribution in [3.05, 3.63) is 90.0 Å². The molecule has 35 heavy (non-hydrogen) atoms. The summed E-state index contributed by atoms with van der Waals surface area (Å²) in [7, 11) is 1.93.